The predicted molar refractivity (Wildman–Crippen MR) is 66.9 cm³/mol. The lowest BCUT2D eigenvalue weighted by molar-refractivity contribution is -0.149. The second kappa shape index (κ2) is 6.73. The Bertz CT molecular complexity index is 303. The Balaban J connectivity index is 2.65. The van der Waals surface area contributed by atoms with Gasteiger partial charge in [-0.15, -0.1) is 0 Å². The van der Waals surface area contributed by atoms with E-state index in [1.165, 1.54) is 0 Å². The fourth-order valence-electron chi connectivity index (χ4n) is 2.45. The van der Waals surface area contributed by atoms with E-state index in [9.17, 15) is 14.7 Å². The van der Waals surface area contributed by atoms with Crippen molar-refractivity contribution in [3.63, 3.8) is 0 Å². The minimum absolute atomic E-state index is 0.117. The van der Waals surface area contributed by atoms with Gasteiger partial charge in [0.2, 0.25) is 5.91 Å². The van der Waals surface area contributed by atoms with Crippen LogP contribution in [0.3, 0.4) is 0 Å². The van der Waals surface area contributed by atoms with Crippen LogP contribution in [-0.4, -0.2) is 34.7 Å². The van der Waals surface area contributed by atoms with Gasteiger partial charge in [-0.1, -0.05) is 26.7 Å². The average Bonchev–Trinajstić information content (AvgIpc) is 2.35. The highest BCUT2D eigenvalue weighted by molar-refractivity contribution is 5.85. The zero-order valence-electron chi connectivity index (χ0n) is 11.1. The third-order valence-corrected chi connectivity index (χ3v) is 3.75. The molecule has 0 radical (unpaired) electrons. The molecule has 3 N–H and O–H groups in total. The number of aliphatic hydroxyl groups is 1. The number of nitrogens with one attached hydrogen (secondary N) is 1. The van der Waals surface area contributed by atoms with Gasteiger partial charge < -0.3 is 15.5 Å². The lowest BCUT2D eigenvalue weighted by Gasteiger charge is -2.30. The maximum atomic E-state index is 12.1. The molecule has 1 rings (SSSR count). The van der Waals surface area contributed by atoms with Crippen molar-refractivity contribution < 1.29 is 19.8 Å². The summed E-state index contributed by atoms with van der Waals surface area (Å²) in [6.07, 6.45) is 2.96. The third-order valence-electron chi connectivity index (χ3n) is 3.75. The fourth-order valence-corrected chi connectivity index (χ4v) is 2.45. The Morgan fingerprint density at radius 1 is 1.22 bits per heavy atom. The Kier molecular flexibility index (Phi) is 5.59. The number of amides is 1. The van der Waals surface area contributed by atoms with E-state index in [0.717, 1.165) is 12.8 Å². The van der Waals surface area contributed by atoms with Crippen molar-refractivity contribution >= 4 is 11.9 Å². The molecule has 0 aliphatic heterocycles. The maximum absolute atomic E-state index is 12.1. The van der Waals surface area contributed by atoms with Crippen LogP contribution >= 0.6 is 0 Å². The van der Waals surface area contributed by atoms with Crippen molar-refractivity contribution in [3.8, 4) is 0 Å². The minimum Gasteiger partial charge on any atom is -0.481 e. The number of carboxylic acid groups (broad SMARTS) is 1. The number of aliphatic hydroxyl groups excluding tert-OH is 1. The van der Waals surface area contributed by atoms with Crippen LogP contribution in [0, 0.1) is 17.8 Å². The molecule has 1 aliphatic carbocycles. The molecule has 1 unspecified atom stereocenters. The van der Waals surface area contributed by atoms with Gasteiger partial charge in [-0.3, -0.25) is 9.59 Å². The van der Waals surface area contributed by atoms with E-state index in [1.54, 1.807) is 0 Å². The highest BCUT2D eigenvalue weighted by Crippen LogP contribution is 2.30. The molecular formula is C13H23NO4. The van der Waals surface area contributed by atoms with Crippen LogP contribution in [0.25, 0.3) is 0 Å². The van der Waals surface area contributed by atoms with Gasteiger partial charge in [-0.2, -0.15) is 0 Å². The number of carbonyl (C=O) groups excluding carboxylic acids is 1. The summed E-state index contributed by atoms with van der Waals surface area (Å²) in [6.45, 7) is 3.71. The van der Waals surface area contributed by atoms with Gasteiger partial charge in [-0.25, -0.2) is 0 Å². The molecule has 1 saturated carbocycles. The largest absolute Gasteiger partial charge is 0.481 e. The summed E-state index contributed by atoms with van der Waals surface area (Å²) in [5.74, 6) is -2.02. The van der Waals surface area contributed by atoms with E-state index in [0.29, 0.717) is 12.8 Å². The maximum Gasteiger partial charge on any atom is 0.307 e. The standard InChI is InChI=1S/C13H23NO4/c1-8(2)11(7-15)14-12(16)9-5-3-4-6-10(9)13(17)18/h8-11,15H,3-7H2,1-2H3,(H,14,16)(H,17,18)/t9-,10+,11?/m1/s1. The Hall–Kier alpha value is -1.10. The number of aliphatic carboxylic acids is 1. The van der Waals surface area contributed by atoms with Gasteiger partial charge in [0.1, 0.15) is 0 Å². The minimum atomic E-state index is -0.889. The molecule has 104 valence electrons. The molecule has 18 heavy (non-hydrogen) atoms. The number of carbonyl (C=O) groups is 2. The summed E-state index contributed by atoms with van der Waals surface area (Å²) in [6, 6.07) is -0.297. The summed E-state index contributed by atoms with van der Waals surface area (Å²) >= 11 is 0. The van der Waals surface area contributed by atoms with Gasteiger partial charge in [0.25, 0.3) is 0 Å². The van der Waals surface area contributed by atoms with E-state index in [1.807, 2.05) is 13.8 Å². The normalized spacial score (nSPS) is 25.8. The third kappa shape index (κ3) is 3.70. The average molecular weight is 257 g/mol. The molecule has 0 aromatic heterocycles. The molecule has 1 aliphatic rings. The second-order valence-corrected chi connectivity index (χ2v) is 5.38. The molecule has 0 spiro atoms. The van der Waals surface area contributed by atoms with Crippen LogP contribution in [0.2, 0.25) is 0 Å². The summed E-state index contributed by atoms with van der Waals surface area (Å²) in [7, 11) is 0. The zero-order chi connectivity index (χ0) is 13.7. The highest BCUT2D eigenvalue weighted by atomic mass is 16.4. The summed E-state index contributed by atoms with van der Waals surface area (Å²) in [5, 5.41) is 21.1. The monoisotopic (exact) mass is 257 g/mol. The van der Waals surface area contributed by atoms with Crippen molar-refractivity contribution in [2.24, 2.45) is 17.8 Å². The molecule has 5 heteroatoms. The Labute approximate surface area is 108 Å². The molecule has 5 nitrogen and oxygen atoms in total. The van der Waals surface area contributed by atoms with E-state index in [4.69, 9.17) is 5.11 Å². The Morgan fingerprint density at radius 2 is 1.78 bits per heavy atom. The van der Waals surface area contributed by atoms with Gasteiger partial charge in [-0.05, 0) is 18.8 Å². The molecule has 0 saturated heterocycles. The van der Waals surface area contributed by atoms with Crippen LogP contribution in [-0.2, 0) is 9.59 Å². The van der Waals surface area contributed by atoms with E-state index in [-0.39, 0.29) is 24.5 Å². The first-order chi connectivity index (χ1) is 8.47. The van der Waals surface area contributed by atoms with Gasteiger partial charge in [0.15, 0.2) is 0 Å². The number of hydrogen-bond acceptors (Lipinski definition) is 3. The summed E-state index contributed by atoms with van der Waals surface area (Å²) in [4.78, 5) is 23.2. The smallest absolute Gasteiger partial charge is 0.307 e. The van der Waals surface area contributed by atoms with Crippen molar-refractivity contribution in [2.75, 3.05) is 6.61 Å². The molecule has 0 aromatic carbocycles. The van der Waals surface area contributed by atoms with Gasteiger partial charge in [0, 0.05) is 0 Å². The van der Waals surface area contributed by atoms with Crippen LogP contribution in [0.15, 0.2) is 0 Å². The van der Waals surface area contributed by atoms with Crippen molar-refractivity contribution in [2.45, 2.75) is 45.6 Å². The lowest BCUT2D eigenvalue weighted by atomic mass is 9.78. The van der Waals surface area contributed by atoms with Crippen LogP contribution < -0.4 is 5.32 Å². The number of hydrogen-bond donors (Lipinski definition) is 3. The van der Waals surface area contributed by atoms with Crippen LogP contribution in [0.1, 0.15) is 39.5 Å². The van der Waals surface area contributed by atoms with Crippen molar-refractivity contribution in [1.29, 1.82) is 0 Å². The van der Waals surface area contributed by atoms with Crippen molar-refractivity contribution in [3.05, 3.63) is 0 Å². The van der Waals surface area contributed by atoms with Crippen LogP contribution in [0.4, 0.5) is 0 Å². The van der Waals surface area contributed by atoms with E-state index < -0.39 is 17.8 Å². The van der Waals surface area contributed by atoms with E-state index in [2.05, 4.69) is 5.32 Å². The van der Waals surface area contributed by atoms with Crippen molar-refractivity contribution in [1.82, 2.24) is 5.32 Å². The zero-order valence-corrected chi connectivity index (χ0v) is 11.1. The van der Waals surface area contributed by atoms with Crippen LogP contribution in [0.5, 0.6) is 0 Å². The first-order valence-electron chi connectivity index (χ1n) is 6.61. The second-order valence-electron chi connectivity index (χ2n) is 5.38. The fraction of sp³-hybridized carbons (Fsp3) is 0.846. The topological polar surface area (TPSA) is 86.6 Å². The molecular weight excluding hydrogens is 234 g/mol. The summed E-state index contributed by atoms with van der Waals surface area (Å²) < 4.78 is 0. The Morgan fingerprint density at radius 3 is 2.22 bits per heavy atom. The predicted octanol–water partition coefficient (Wildman–Crippen LogP) is 1.01. The van der Waals surface area contributed by atoms with E-state index >= 15 is 0 Å². The number of carboxylic acids is 1. The first-order valence-corrected chi connectivity index (χ1v) is 6.61. The SMILES string of the molecule is CC(C)C(CO)NC(=O)[C@@H]1CCCC[C@@H]1C(=O)O. The summed E-state index contributed by atoms with van der Waals surface area (Å²) in [5.41, 5.74) is 0. The highest BCUT2D eigenvalue weighted by Gasteiger charge is 2.36. The van der Waals surface area contributed by atoms with Gasteiger partial charge in [0.05, 0.1) is 24.5 Å². The molecule has 1 fully saturated rings. The molecule has 3 atom stereocenters. The van der Waals surface area contributed by atoms with Gasteiger partial charge >= 0.3 is 5.97 Å². The lowest BCUT2D eigenvalue weighted by Crippen LogP contribution is -2.47. The first kappa shape index (κ1) is 15.0. The molecule has 1 amide bonds. The quantitative estimate of drug-likeness (QED) is 0.686. The molecule has 0 aromatic rings. The molecule has 0 heterocycles. The molecule has 0 bridgehead atoms. The number of rotatable bonds is 5.